The fourth-order valence-corrected chi connectivity index (χ4v) is 1.97. The molecule has 1 N–H and O–H groups in total. The van der Waals surface area contributed by atoms with E-state index in [-0.39, 0.29) is 17.2 Å². The smallest absolute Gasteiger partial charge is 0.133 e. The third-order valence-electron chi connectivity index (χ3n) is 2.76. The molecular weight excluding hydrogens is 200 g/mol. The molecule has 1 unspecified atom stereocenters. The van der Waals surface area contributed by atoms with E-state index in [4.69, 9.17) is 4.74 Å². The Morgan fingerprint density at radius 3 is 2.47 bits per heavy atom. The van der Waals surface area contributed by atoms with Crippen molar-refractivity contribution >= 4 is 0 Å². The summed E-state index contributed by atoms with van der Waals surface area (Å²) in [7, 11) is 1.39. The van der Waals surface area contributed by atoms with Crippen LogP contribution in [0.5, 0.6) is 5.75 Å². The first-order chi connectivity index (χ1) is 7.22. The van der Waals surface area contributed by atoms with E-state index < -0.39 is 11.6 Å². The van der Waals surface area contributed by atoms with Gasteiger partial charge in [-0.25, -0.2) is 8.78 Å². The lowest BCUT2D eigenvalue weighted by Crippen LogP contribution is -2.10. The van der Waals surface area contributed by atoms with Crippen LogP contribution in [-0.2, 0) is 0 Å². The third-order valence-corrected chi connectivity index (χ3v) is 2.76. The summed E-state index contributed by atoms with van der Waals surface area (Å²) in [6.07, 6.45) is 0.778. The highest BCUT2D eigenvalue weighted by Gasteiger charge is 2.24. The first kappa shape index (κ1) is 10.4. The molecule has 1 atom stereocenters. The molecule has 82 valence electrons. The van der Waals surface area contributed by atoms with Crippen molar-refractivity contribution < 1.29 is 13.5 Å². The van der Waals surface area contributed by atoms with Gasteiger partial charge < -0.3 is 10.1 Å². The van der Waals surface area contributed by atoms with Gasteiger partial charge in [-0.15, -0.1) is 0 Å². The SMILES string of the molecule is COc1cc(F)c(C2CCNC2)c(F)c1. The van der Waals surface area contributed by atoms with Crippen LogP contribution in [0.4, 0.5) is 8.78 Å². The molecule has 2 rings (SSSR count). The minimum absolute atomic E-state index is 0.0593. The van der Waals surface area contributed by atoms with Crippen molar-refractivity contribution in [3.8, 4) is 5.75 Å². The quantitative estimate of drug-likeness (QED) is 0.811. The van der Waals surface area contributed by atoms with E-state index in [0.717, 1.165) is 13.0 Å². The summed E-state index contributed by atoms with van der Waals surface area (Å²) < 4.78 is 32.0. The Kier molecular flexibility index (Phi) is 2.86. The lowest BCUT2D eigenvalue weighted by Gasteiger charge is -2.12. The summed E-state index contributed by atoms with van der Waals surface area (Å²) >= 11 is 0. The van der Waals surface area contributed by atoms with E-state index in [2.05, 4.69) is 5.32 Å². The van der Waals surface area contributed by atoms with E-state index in [1.807, 2.05) is 0 Å². The lowest BCUT2D eigenvalue weighted by molar-refractivity contribution is 0.404. The van der Waals surface area contributed by atoms with Gasteiger partial charge in [-0.05, 0) is 13.0 Å². The molecule has 1 aromatic carbocycles. The third kappa shape index (κ3) is 1.95. The fraction of sp³-hybridized carbons (Fsp3) is 0.455. The molecule has 15 heavy (non-hydrogen) atoms. The molecule has 0 saturated carbocycles. The minimum atomic E-state index is -0.513. The molecule has 0 bridgehead atoms. The van der Waals surface area contributed by atoms with Gasteiger partial charge in [-0.2, -0.15) is 0 Å². The van der Waals surface area contributed by atoms with Gasteiger partial charge >= 0.3 is 0 Å². The Labute approximate surface area is 87.2 Å². The molecule has 0 spiro atoms. The molecule has 0 aliphatic carbocycles. The number of hydrogen-bond acceptors (Lipinski definition) is 2. The van der Waals surface area contributed by atoms with Crippen LogP contribution in [0.2, 0.25) is 0 Å². The molecule has 1 aliphatic heterocycles. The number of halogens is 2. The molecular formula is C11H13F2NO. The van der Waals surface area contributed by atoms with Crippen LogP contribution in [0.3, 0.4) is 0 Å². The second kappa shape index (κ2) is 4.14. The molecule has 1 aliphatic rings. The molecule has 1 aromatic rings. The number of ether oxygens (including phenoxy) is 1. The highest BCUT2D eigenvalue weighted by Crippen LogP contribution is 2.30. The van der Waals surface area contributed by atoms with Crippen LogP contribution in [0.1, 0.15) is 17.9 Å². The average Bonchev–Trinajstić information content (AvgIpc) is 2.69. The first-order valence-electron chi connectivity index (χ1n) is 4.96. The van der Waals surface area contributed by atoms with Crippen molar-refractivity contribution in [2.45, 2.75) is 12.3 Å². The molecule has 2 nitrogen and oxygen atoms in total. The largest absolute Gasteiger partial charge is 0.497 e. The van der Waals surface area contributed by atoms with Crippen molar-refractivity contribution in [1.29, 1.82) is 0 Å². The molecule has 1 saturated heterocycles. The van der Waals surface area contributed by atoms with Gasteiger partial charge in [0, 0.05) is 30.2 Å². The number of rotatable bonds is 2. The van der Waals surface area contributed by atoms with Crippen molar-refractivity contribution in [2.24, 2.45) is 0 Å². The zero-order chi connectivity index (χ0) is 10.8. The van der Waals surface area contributed by atoms with E-state index >= 15 is 0 Å². The van der Waals surface area contributed by atoms with E-state index in [0.29, 0.717) is 6.54 Å². The summed E-state index contributed by atoms with van der Waals surface area (Å²) in [6.45, 7) is 1.45. The van der Waals surface area contributed by atoms with Crippen LogP contribution in [-0.4, -0.2) is 20.2 Å². The van der Waals surface area contributed by atoms with Crippen LogP contribution in [0.15, 0.2) is 12.1 Å². The van der Waals surface area contributed by atoms with Crippen LogP contribution < -0.4 is 10.1 Å². The summed E-state index contributed by atoms with van der Waals surface area (Å²) in [4.78, 5) is 0. The van der Waals surface area contributed by atoms with Crippen molar-refractivity contribution in [1.82, 2.24) is 5.32 Å². The van der Waals surface area contributed by atoms with Crippen molar-refractivity contribution in [3.63, 3.8) is 0 Å². The van der Waals surface area contributed by atoms with Gasteiger partial charge in [0.2, 0.25) is 0 Å². The molecule has 0 amide bonds. The Morgan fingerprint density at radius 1 is 1.33 bits per heavy atom. The Bertz CT molecular complexity index is 339. The van der Waals surface area contributed by atoms with Gasteiger partial charge in [0.25, 0.3) is 0 Å². The van der Waals surface area contributed by atoms with Gasteiger partial charge in [0.15, 0.2) is 0 Å². The summed E-state index contributed by atoms with van der Waals surface area (Å²) in [5.74, 6) is -0.864. The average molecular weight is 213 g/mol. The predicted octanol–water partition coefficient (Wildman–Crippen LogP) is 2.05. The highest BCUT2D eigenvalue weighted by molar-refractivity contribution is 5.33. The van der Waals surface area contributed by atoms with Gasteiger partial charge in [0.1, 0.15) is 17.4 Å². The summed E-state index contributed by atoms with van der Waals surface area (Å²) in [5.41, 5.74) is 0.181. The van der Waals surface area contributed by atoms with Crippen molar-refractivity contribution in [2.75, 3.05) is 20.2 Å². The van der Waals surface area contributed by atoms with Crippen LogP contribution in [0, 0.1) is 11.6 Å². The number of methoxy groups -OCH3 is 1. The molecule has 1 fully saturated rings. The van der Waals surface area contributed by atoms with E-state index in [1.165, 1.54) is 19.2 Å². The molecule has 4 heteroatoms. The summed E-state index contributed by atoms with van der Waals surface area (Å²) in [6, 6.07) is 2.47. The zero-order valence-electron chi connectivity index (χ0n) is 8.52. The fourth-order valence-electron chi connectivity index (χ4n) is 1.97. The number of benzene rings is 1. The maximum Gasteiger partial charge on any atom is 0.133 e. The maximum atomic E-state index is 13.6. The second-order valence-corrected chi connectivity index (χ2v) is 3.69. The lowest BCUT2D eigenvalue weighted by atomic mass is 9.97. The van der Waals surface area contributed by atoms with E-state index in [9.17, 15) is 8.78 Å². The topological polar surface area (TPSA) is 21.3 Å². The standard InChI is InChI=1S/C11H13F2NO/c1-15-8-4-9(12)11(10(13)5-8)7-2-3-14-6-7/h4-5,7,14H,2-3,6H2,1H3. The second-order valence-electron chi connectivity index (χ2n) is 3.69. The normalized spacial score (nSPS) is 20.6. The van der Waals surface area contributed by atoms with Gasteiger partial charge in [-0.3, -0.25) is 0 Å². The van der Waals surface area contributed by atoms with Crippen LogP contribution in [0.25, 0.3) is 0 Å². The molecule has 0 radical (unpaired) electrons. The molecule has 1 heterocycles. The molecule has 0 aromatic heterocycles. The minimum Gasteiger partial charge on any atom is -0.497 e. The Morgan fingerprint density at radius 2 is 2.00 bits per heavy atom. The monoisotopic (exact) mass is 213 g/mol. The zero-order valence-corrected chi connectivity index (χ0v) is 8.52. The van der Waals surface area contributed by atoms with Crippen LogP contribution >= 0.6 is 0 Å². The van der Waals surface area contributed by atoms with Gasteiger partial charge in [0.05, 0.1) is 7.11 Å². The maximum absolute atomic E-state index is 13.6. The van der Waals surface area contributed by atoms with E-state index in [1.54, 1.807) is 0 Å². The Hall–Kier alpha value is -1.16. The van der Waals surface area contributed by atoms with Gasteiger partial charge in [-0.1, -0.05) is 0 Å². The number of hydrogen-bond donors (Lipinski definition) is 1. The first-order valence-corrected chi connectivity index (χ1v) is 4.96. The highest BCUT2D eigenvalue weighted by atomic mass is 19.1. The summed E-state index contributed by atoms with van der Waals surface area (Å²) in [5, 5.41) is 3.09. The Balaban J connectivity index is 2.37. The number of nitrogens with one attached hydrogen (secondary N) is 1. The predicted molar refractivity (Wildman–Crippen MR) is 53.1 cm³/mol. The van der Waals surface area contributed by atoms with Crippen molar-refractivity contribution in [3.05, 3.63) is 29.3 Å².